The average molecular weight is 240 g/mol. The number of fused-ring (bicyclic) bond motifs is 1. The van der Waals surface area contributed by atoms with Crippen molar-refractivity contribution < 1.29 is 4.79 Å². The topological polar surface area (TPSA) is 42.0 Å². The van der Waals surface area contributed by atoms with Gasteiger partial charge in [-0.15, -0.1) is 0 Å². The van der Waals surface area contributed by atoms with Gasteiger partial charge >= 0.3 is 0 Å². The van der Waals surface area contributed by atoms with Crippen molar-refractivity contribution in [3.8, 4) is 0 Å². The SMILES string of the molecule is CC1(Cc2ccnc3ccccc23)CCC(=O)N1. The zero-order valence-corrected chi connectivity index (χ0v) is 10.4. The zero-order valence-electron chi connectivity index (χ0n) is 10.4. The summed E-state index contributed by atoms with van der Waals surface area (Å²) in [5, 5.41) is 4.27. The van der Waals surface area contributed by atoms with Crippen LogP contribution >= 0.6 is 0 Å². The molecule has 1 amide bonds. The third kappa shape index (κ3) is 1.96. The van der Waals surface area contributed by atoms with E-state index in [1.54, 1.807) is 0 Å². The minimum atomic E-state index is -0.110. The molecule has 1 fully saturated rings. The Hall–Kier alpha value is -1.90. The lowest BCUT2D eigenvalue weighted by atomic mass is 9.90. The number of hydrogen-bond acceptors (Lipinski definition) is 2. The highest BCUT2D eigenvalue weighted by atomic mass is 16.2. The van der Waals surface area contributed by atoms with Crippen LogP contribution in [-0.2, 0) is 11.2 Å². The molecule has 2 heterocycles. The van der Waals surface area contributed by atoms with Crippen LogP contribution in [0.5, 0.6) is 0 Å². The van der Waals surface area contributed by atoms with Gasteiger partial charge in [0, 0.05) is 23.5 Å². The first-order valence-corrected chi connectivity index (χ1v) is 6.30. The monoisotopic (exact) mass is 240 g/mol. The van der Waals surface area contributed by atoms with Gasteiger partial charge in [0.25, 0.3) is 0 Å². The first-order valence-electron chi connectivity index (χ1n) is 6.30. The van der Waals surface area contributed by atoms with Crippen LogP contribution in [0.15, 0.2) is 36.5 Å². The quantitative estimate of drug-likeness (QED) is 0.876. The molecule has 0 spiro atoms. The Balaban J connectivity index is 1.98. The number of nitrogens with one attached hydrogen (secondary N) is 1. The Labute approximate surface area is 106 Å². The Kier molecular flexibility index (Phi) is 2.54. The van der Waals surface area contributed by atoms with E-state index in [0.717, 1.165) is 18.4 Å². The van der Waals surface area contributed by atoms with Gasteiger partial charge in [0.05, 0.1) is 5.52 Å². The number of aromatic nitrogens is 1. The second-order valence-electron chi connectivity index (χ2n) is 5.27. The lowest BCUT2D eigenvalue weighted by Gasteiger charge is -2.24. The maximum absolute atomic E-state index is 11.4. The molecule has 1 aliphatic rings. The first kappa shape index (κ1) is 11.2. The molecule has 0 bridgehead atoms. The van der Waals surface area contributed by atoms with Gasteiger partial charge in [-0.3, -0.25) is 9.78 Å². The van der Waals surface area contributed by atoms with Crippen LogP contribution in [-0.4, -0.2) is 16.4 Å². The molecule has 92 valence electrons. The van der Waals surface area contributed by atoms with E-state index in [2.05, 4.69) is 29.4 Å². The van der Waals surface area contributed by atoms with Gasteiger partial charge in [-0.25, -0.2) is 0 Å². The Morgan fingerprint density at radius 2 is 2.17 bits per heavy atom. The van der Waals surface area contributed by atoms with Crippen LogP contribution in [0, 0.1) is 0 Å². The van der Waals surface area contributed by atoms with Crippen molar-refractivity contribution in [3.63, 3.8) is 0 Å². The molecular formula is C15H16N2O. The van der Waals surface area contributed by atoms with Crippen molar-refractivity contribution in [1.29, 1.82) is 0 Å². The fourth-order valence-electron chi connectivity index (χ4n) is 2.71. The first-order chi connectivity index (χ1) is 8.66. The van der Waals surface area contributed by atoms with Gasteiger partial charge in [0.2, 0.25) is 5.91 Å². The van der Waals surface area contributed by atoms with Gasteiger partial charge < -0.3 is 5.32 Å². The van der Waals surface area contributed by atoms with Crippen molar-refractivity contribution >= 4 is 16.8 Å². The molecular weight excluding hydrogens is 224 g/mol. The van der Waals surface area contributed by atoms with Crippen LogP contribution in [0.25, 0.3) is 10.9 Å². The predicted molar refractivity (Wildman–Crippen MR) is 71.2 cm³/mol. The van der Waals surface area contributed by atoms with Crippen molar-refractivity contribution in [2.75, 3.05) is 0 Å². The fraction of sp³-hybridized carbons (Fsp3) is 0.333. The highest BCUT2D eigenvalue weighted by Crippen LogP contribution is 2.27. The van der Waals surface area contributed by atoms with E-state index in [9.17, 15) is 4.79 Å². The van der Waals surface area contributed by atoms with E-state index in [4.69, 9.17) is 0 Å². The van der Waals surface area contributed by atoms with E-state index < -0.39 is 0 Å². The van der Waals surface area contributed by atoms with Gasteiger partial charge in [-0.2, -0.15) is 0 Å². The minimum Gasteiger partial charge on any atom is -0.351 e. The molecule has 0 radical (unpaired) electrons. The molecule has 1 aromatic carbocycles. The highest BCUT2D eigenvalue weighted by molar-refractivity contribution is 5.83. The Morgan fingerprint density at radius 1 is 1.33 bits per heavy atom. The standard InChI is InChI=1S/C15H16N2O/c1-15(8-6-14(18)17-15)10-11-7-9-16-13-5-3-2-4-12(11)13/h2-5,7,9H,6,8,10H2,1H3,(H,17,18). The molecule has 18 heavy (non-hydrogen) atoms. The van der Waals surface area contributed by atoms with Crippen LogP contribution < -0.4 is 5.32 Å². The molecule has 1 N–H and O–H groups in total. The van der Waals surface area contributed by atoms with Crippen molar-refractivity contribution in [1.82, 2.24) is 10.3 Å². The number of benzene rings is 1. The number of carbonyl (C=O) groups excluding carboxylic acids is 1. The smallest absolute Gasteiger partial charge is 0.220 e. The molecule has 0 aliphatic carbocycles. The Bertz CT molecular complexity index is 603. The second kappa shape index (κ2) is 4.09. The molecule has 2 aromatic rings. The lowest BCUT2D eigenvalue weighted by Crippen LogP contribution is -2.40. The van der Waals surface area contributed by atoms with E-state index in [1.165, 1.54) is 10.9 Å². The van der Waals surface area contributed by atoms with E-state index in [-0.39, 0.29) is 11.4 Å². The number of pyridine rings is 1. The third-order valence-corrected chi connectivity index (χ3v) is 3.66. The summed E-state index contributed by atoms with van der Waals surface area (Å²) >= 11 is 0. The number of nitrogens with zero attached hydrogens (tertiary/aromatic N) is 1. The summed E-state index contributed by atoms with van der Waals surface area (Å²) in [5.41, 5.74) is 2.16. The zero-order chi connectivity index (χ0) is 12.6. The van der Waals surface area contributed by atoms with Gasteiger partial charge in [-0.05, 0) is 37.5 Å². The third-order valence-electron chi connectivity index (χ3n) is 3.66. The molecule has 1 saturated heterocycles. The molecule has 1 aliphatic heterocycles. The highest BCUT2D eigenvalue weighted by Gasteiger charge is 2.33. The number of hydrogen-bond donors (Lipinski definition) is 1. The summed E-state index contributed by atoms with van der Waals surface area (Å²) in [5.74, 6) is 0.163. The van der Waals surface area contributed by atoms with E-state index >= 15 is 0 Å². The maximum Gasteiger partial charge on any atom is 0.220 e. The molecule has 1 unspecified atom stereocenters. The summed E-state index contributed by atoms with van der Waals surface area (Å²) in [6.45, 7) is 2.12. The second-order valence-corrected chi connectivity index (χ2v) is 5.27. The lowest BCUT2D eigenvalue weighted by molar-refractivity contribution is -0.119. The summed E-state index contributed by atoms with van der Waals surface area (Å²) < 4.78 is 0. The summed E-state index contributed by atoms with van der Waals surface area (Å²) in [6, 6.07) is 10.2. The van der Waals surface area contributed by atoms with Gasteiger partial charge in [0.1, 0.15) is 0 Å². The van der Waals surface area contributed by atoms with Crippen LogP contribution in [0.4, 0.5) is 0 Å². The number of carbonyl (C=O) groups is 1. The minimum absolute atomic E-state index is 0.110. The summed E-state index contributed by atoms with van der Waals surface area (Å²) in [7, 11) is 0. The fourth-order valence-corrected chi connectivity index (χ4v) is 2.71. The molecule has 3 rings (SSSR count). The maximum atomic E-state index is 11.4. The number of para-hydroxylation sites is 1. The molecule has 3 heteroatoms. The van der Waals surface area contributed by atoms with Gasteiger partial charge in [-0.1, -0.05) is 18.2 Å². The summed E-state index contributed by atoms with van der Waals surface area (Å²) in [4.78, 5) is 15.8. The molecule has 0 saturated carbocycles. The van der Waals surface area contributed by atoms with Crippen LogP contribution in [0.2, 0.25) is 0 Å². The molecule has 3 nitrogen and oxygen atoms in total. The van der Waals surface area contributed by atoms with Crippen LogP contribution in [0.1, 0.15) is 25.3 Å². The number of rotatable bonds is 2. The largest absolute Gasteiger partial charge is 0.351 e. The summed E-state index contributed by atoms with van der Waals surface area (Å²) in [6.07, 6.45) is 4.25. The van der Waals surface area contributed by atoms with Crippen molar-refractivity contribution in [2.24, 2.45) is 0 Å². The molecule has 1 aromatic heterocycles. The van der Waals surface area contributed by atoms with E-state index in [1.807, 2.05) is 24.4 Å². The molecule has 1 atom stereocenters. The van der Waals surface area contributed by atoms with Gasteiger partial charge in [0.15, 0.2) is 0 Å². The predicted octanol–water partition coefficient (Wildman–Crippen LogP) is 2.45. The number of amides is 1. The van der Waals surface area contributed by atoms with E-state index in [0.29, 0.717) is 6.42 Å². The van der Waals surface area contributed by atoms with Crippen molar-refractivity contribution in [2.45, 2.75) is 31.7 Å². The average Bonchev–Trinajstić information content (AvgIpc) is 2.70. The van der Waals surface area contributed by atoms with Crippen molar-refractivity contribution in [3.05, 3.63) is 42.1 Å². The normalized spacial score (nSPS) is 23.3. The van der Waals surface area contributed by atoms with Crippen LogP contribution in [0.3, 0.4) is 0 Å². The Morgan fingerprint density at radius 3 is 2.94 bits per heavy atom.